The number of carbonyl (C=O) groups excluding carboxylic acids is 2. The van der Waals surface area contributed by atoms with Gasteiger partial charge in [-0.2, -0.15) is 0 Å². The molecule has 4 aromatic carbocycles. The number of carbonyl (C=O) groups is 2. The first-order chi connectivity index (χ1) is 19.4. The second-order valence-corrected chi connectivity index (χ2v) is 9.55. The smallest absolute Gasteiger partial charge is 0.230 e. The molecule has 202 valence electrons. The molecule has 5 rings (SSSR count). The molecule has 0 spiro atoms. The van der Waals surface area contributed by atoms with Crippen molar-refractivity contribution >= 4 is 17.4 Å². The maximum atomic E-state index is 14.1. The van der Waals surface area contributed by atoms with Crippen LogP contribution < -0.4 is 5.32 Å². The Morgan fingerprint density at radius 3 is 2.25 bits per heavy atom. The SMILES string of the molecule is O=C(N[C@H]1N=C(c2ccccc2)c2ccccc2CC1=O)C(c1ccc(F)cc1)[C@@H](CO)c1ccc(F)c(F)c1. The third-order valence-corrected chi connectivity index (χ3v) is 7.01. The maximum absolute atomic E-state index is 14.1. The molecule has 2 N–H and O–H groups in total. The van der Waals surface area contributed by atoms with Gasteiger partial charge in [0.1, 0.15) is 5.82 Å². The number of hydrogen-bond donors (Lipinski definition) is 2. The van der Waals surface area contributed by atoms with Gasteiger partial charge in [0.05, 0.1) is 18.2 Å². The summed E-state index contributed by atoms with van der Waals surface area (Å²) >= 11 is 0. The molecule has 1 aliphatic heterocycles. The third-order valence-electron chi connectivity index (χ3n) is 7.01. The average molecular weight is 543 g/mol. The first kappa shape index (κ1) is 27.0. The van der Waals surface area contributed by atoms with Crippen LogP contribution in [0.15, 0.2) is 102 Å². The number of aliphatic hydroxyl groups is 1. The van der Waals surface area contributed by atoms with Crippen molar-refractivity contribution in [3.8, 4) is 0 Å². The van der Waals surface area contributed by atoms with Crippen LogP contribution in [0.25, 0.3) is 0 Å². The second-order valence-electron chi connectivity index (χ2n) is 9.55. The first-order valence-corrected chi connectivity index (χ1v) is 12.7. The van der Waals surface area contributed by atoms with Gasteiger partial charge in [0.15, 0.2) is 23.6 Å². The minimum absolute atomic E-state index is 0.0226. The van der Waals surface area contributed by atoms with E-state index in [-0.39, 0.29) is 17.8 Å². The van der Waals surface area contributed by atoms with E-state index in [2.05, 4.69) is 10.3 Å². The summed E-state index contributed by atoms with van der Waals surface area (Å²) in [5, 5.41) is 13.0. The average Bonchev–Trinajstić information content (AvgIpc) is 3.10. The Balaban J connectivity index is 1.55. The largest absolute Gasteiger partial charge is 0.396 e. The van der Waals surface area contributed by atoms with Gasteiger partial charge in [-0.1, -0.05) is 72.8 Å². The Hall–Kier alpha value is -4.56. The molecule has 0 aliphatic carbocycles. The van der Waals surface area contributed by atoms with Crippen molar-refractivity contribution in [3.63, 3.8) is 0 Å². The van der Waals surface area contributed by atoms with E-state index in [0.29, 0.717) is 11.3 Å². The van der Waals surface area contributed by atoms with Gasteiger partial charge in [-0.25, -0.2) is 13.2 Å². The second kappa shape index (κ2) is 11.7. The molecule has 40 heavy (non-hydrogen) atoms. The molecule has 0 saturated heterocycles. The highest BCUT2D eigenvalue weighted by Gasteiger charge is 2.35. The van der Waals surface area contributed by atoms with Gasteiger partial charge in [-0.3, -0.25) is 14.6 Å². The molecule has 0 bridgehead atoms. The van der Waals surface area contributed by atoms with Crippen LogP contribution in [0, 0.1) is 17.5 Å². The molecule has 8 heteroatoms. The quantitative estimate of drug-likeness (QED) is 0.342. The van der Waals surface area contributed by atoms with Gasteiger partial charge >= 0.3 is 0 Å². The Labute approximate surface area is 229 Å². The van der Waals surface area contributed by atoms with Crippen molar-refractivity contribution < 1.29 is 27.9 Å². The summed E-state index contributed by atoms with van der Waals surface area (Å²) in [6.07, 6.45) is -1.24. The Morgan fingerprint density at radius 2 is 1.55 bits per heavy atom. The van der Waals surface area contributed by atoms with Crippen LogP contribution in [0.3, 0.4) is 0 Å². The zero-order chi connectivity index (χ0) is 28.2. The van der Waals surface area contributed by atoms with Gasteiger partial charge in [-0.05, 0) is 41.0 Å². The van der Waals surface area contributed by atoms with Crippen LogP contribution >= 0.6 is 0 Å². The zero-order valence-electron chi connectivity index (χ0n) is 21.2. The summed E-state index contributed by atoms with van der Waals surface area (Å²) in [5.41, 5.74) is 3.30. The normalized spacial score (nSPS) is 16.4. The van der Waals surface area contributed by atoms with Gasteiger partial charge in [0.2, 0.25) is 5.91 Å². The predicted molar refractivity (Wildman–Crippen MR) is 144 cm³/mol. The first-order valence-electron chi connectivity index (χ1n) is 12.7. The van der Waals surface area contributed by atoms with Crippen molar-refractivity contribution in [3.05, 3.63) is 142 Å². The number of benzene rings is 4. The molecular weight excluding hydrogens is 517 g/mol. The van der Waals surface area contributed by atoms with E-state index in [4.69, 9.17) is 0 Å². The highest BCUT2D eigenvalue weighted by atomic mass is 19.2. The summed E-state index contributed by atoms with van der Waals surface area (Å²) < 4.78 is 41.5. The predicted octanol–water partition coefficient (Wildman–Crippen LogP) is 5.07. The van der Waals surface area contributed by atoms with E-state index >= 15 is 0 Å². The van der Waals surface area contributed by atoms with Crippen LogP contribution in [0.2, 0.25) is 0 Å². The third kappa shape index (κ3) is 5.58. The molecule has 1 unspecified atom stereocenters. The minimum atomic E-state index is -1.26. The number of Topliss-reactive ketones (excluding diaryl/α,β-unsaturated/α-hetero) is 1. The monoisotopic (exact) mass is 542 g/mol. The molecule has 3 atom stereocenters. The molecule has 0 saturated carbocycles. The summed E-state index contributed by atoms with van der Waals surface area (Å²) in [4.78, 5) is 31.9. The molecule has 0 radical (unpaired) electrons. The molecule has 1 amide bonds. The summed E-state index contributed by atoms with van der Waals surface area (Å²) in [6.45, 7) is -0.608. The van der Waals surface area contributed by atoms with Crippen LogP contribution in [-0.4, -0.2) is 35.3 Å². The molecule has 4 aromatic rings. The Morgan fingerprint density at radius 1 is 0.875 bits per heavy atom. The number of aliphatic imine (C=N–C) groups is 1. The number of nitrogens with one attached hydrogen (secondary N) is 1. The maximum Gasteiger partial charge on any atom is 0.230 e. The van der Waals surface area contributed by atoms with Gasteiger partial charge < -0.3 is 10.4 Å². The van der Waals surface area contributed by atoms with Gasteiger partial charge in [0.25, 0.3) is 0 Å². The van der Waals surface area contributed by atoms with Crippen LogP contribution in [0.4, 0.5) is 13.2 Å². The Kier molecular flexibility index (Phi) is 7.89. The molecule has 0 fully saturated rings. The number of amides is 1. The van der Waals surface area contributed by atoms with Crippen LogP contribution in [-0.2, 0) is 16.0 Å². The lowest BCUT2D eigenvalue weighted by Gasteiger charge is -2.27. The summed E-state index contributed by atoms with van der Waals surface area (Å²) in [6, 6.07) is 24.8. The van der Waals surface area contributed by atoms with E-state index in [0.717, 1.165) is 41.0 Å². The van der Waals surface area contributed by atoms with Crippen LogP contribution in [0.1, 0.15) is 39.7 Å². The lowest BCUT2D eigenvalue weighted by Crippen LogP contribution is -2.44. The fourth-order valence-corrected chi connectivity index (χ4v) is 5.01. The van der Waals surface area contributed by atoms with E-state index < -0.39 is 48.0 Å². The van der Waals surface area contributed by atoms with Crippen molar-refractivity contribution in [1.29, 1.82) is 0 Å². The summed E-state index contributed by atoms with van der Waals surface area (Å²) in [5.74, 6) is -5.99. The van der Waals surface area contributed by atoms with E-state index in [1.54, 1.807) is 0 Å². The van der Waals surface area contributed by atoms with Crippen molar-refractivity contribution in [2.75, 3.05) is 6.61 Å². The highest BCUT2D eigenvalue weighted by Crippen LogP contribution is 2.34. The number of nitrogens with zero attached hydrogens (tertiary/aromatic N) is 1. The molecular formula is C32H25F3N2O3. The van der Waals surface area contributed by atoms with Crippen molar-refractivity contribution in [1.82, 2.24) is 5.32 Å². The number of ketones is 1. The highest BCUT2D eigenvalue weighted by molar-refractivity contribution is 6.16. The van der Waals surface area contributed by atoms with Gasteiger partial charge in [-0.15, -0.1) is 0 Å². The molecule has 1 heterocycles. The van der Waals surface area contributed by atoms with E-state index in [9.17, 15) is 27.9 Å². The van der Waals surface area contributed by atoms with Crippen LogP contribution in [0.5, 0.6) is 0 Å². The van der Waals surface area contributed by atoms with Gasteiger partial charge in [0, 0.05) is 23.5 Å². The molecule has 5 nitrogen and oxygen atoms in total. The lowest BCUT2D eigenvalue weighted by atomic mass is 9.81. The number of rotatable bonds is 7. The minimum Gasteiger partial charge on any atom is -0.396 e. The summed E-state index contributed by atoms with van der Waals surface area (Å²) in [7, 11) is 0. The zero-order valence-corrected chi connectivity index (χ0v) is 21.2. The number of aliphatic hydroxyl groups excluding tert-OH is 1. The number of halogens is 3. The standard InChI is InChI=1S/C32H25F3N2O3/c33-23-13-10-19(11-14-23)29(25(18-38)22-12-15-26(34)27(35)16-22)32(40)37-31-28(39)17-21-8-4-5-9-24(21)30(36-31)20-6-2-1-3-7-20/h1-16,25,29,31,38H,17-18H2,(H,37,40)/t25-,29?,31+/m0/s1. The van der Waals surface area contributed by atoms with E-state index in [1.807, 2.05) is 54.6 Å². The Bertz CT molecular complexity index is 1570. The number of fused-ring (bicyclic) bond motifs is 1. The fourth-order valence-electron chi connectivity index (χ4n) is 5.01. The number of hydrogen-bond acceptors (Lipinski definition) is 4. The van der Waals surface area contributed by atoms with E-state index in [1.165, 1.54) is 18.2 Å². The molecule has 1 aliphatic rings. The van der Waals surface area contributed by atoms with Crippen molar-refractivity contribution in [2.45, 2.75) is 24.4 Å². The fraction of sp³-hybridized carbons (Fsp3) is 0.156. The lowest BCUT2D eigenvalue weighted by molar-refractivity contribution is -0.128. The topological polar surface area (TPSA) is 78.8 Å². The van der Waals surface area contributed by atoms with Crippen molar-refractivity contribution in [2.24, 2.45) is 4.99 Å². The molecule has 0 aromatic heterocycles.